The fraction of sp³-hybridized carbons (Fsp3) is 0.167. The number of thiocarbonyl (C=S) groups is 1. The minimum atomic E-state index is -1.17. The van der Waals surface area contributed by atoms with Gasteiger partial charge in [0.05, 0.1) is 6.54 Å². The lowest BCUT2D eigenvalue weighted by Crippen LogP contribution is -2.31. The largest absolute Gasteiger partial charge is 0.359 e. The van der Waals surface area contributed by atoms with E-state index in [4.69, 9.17) is 23.8 Å². The van der Waals surface area contributed by atoms with Crippen LogP contribution in [-0.4, -0.2) is 16.6 Å². The van der Waals surface area contributed by atoms with Crippen LogP contribution in [0.4, 0.5) is 9.52 Å². The first-order chi connectivity index (χ1) is 9.15. The molecular formula is C12H11ClFN3S2. The predicted octanol–water partition coefficient (Wildman–Crippen LogP) is 3.79. The van der Waals surface area contributed by atoms with E-state index >= 15 is 0 Å². The standard InChI is InChI=1S/C12H11ClFN3S2/c13-9-3-1-2-8(6-9)10(14)7-16-11(18)17-12-15-4-5-19-12/h1-6,10H,7H2,(H2,15,16,17,18). The van der Waals surface area contributed by atoms with Crippen LogP contribution >= 0.6 is 35.2 Å². The second-order valence-corrected chi connectivity index (χ2v) is 5.43. The van der Waals surface area contributed by atoms with Crippen LogP contribution in [-0.2, 0) is 0 Å². The third kappa shape index (κ3) is 4.41. The average molecular weight is 316 g/mol. The van der Waals surface area contributed by atoms with Crippen LogP contribution in [0.2, 0.25) is 5.02 Å². The highest BCUT2D eigenvalue weighted by atomic mass is 35.5. The summed E-state index contributed by atoms with van der Waals surface area (Å²) in [7, 11) is 0. The van der Waals surface area contributed by atoms with Crippen molar-refractivity contribution in [2.75, 3.05) is 11.9 Å². The molecule has 7 heteroatoms. The maximum atomic E-state index is 13.9. The van der Waals surface area contributed by atoms with E-state index < -0.39 is 6.17 Å². The first kappa shape index (κ1) is 14.2. The Hall–Kier alpha value is -1.24. The summed E-state index contributed by atoms with van der Waals surface area (Å²) in [5, 5.41) is 9.05. The van der Waals surface area contributed by atoms with Gasteiger partial charge in [-0.2, -0.15) is 0 Å². The summed E-state index contributed by atoms with van der Waals surface area (Å²) in [4.78, 5) is 4.02. The van der Waals surface area contributed by atoms with Crippen molar-refractivity contribution in [2.24, 2.45) is 0 Å². The fourth-order valence-electron chi connectivity index (χ4n) is 1.43. The Kier molecular flexibility index (Phi) is 5.07. The molecule has 0 aliphatic carbocycles. The zero-order valence-electron chi connectivity index (χ0n) is 9.77. The van der Waals surface area contributed by atoms with Gasteiger partial charge < -0.3 is 10.6 Å². The molecule has 0 radical (unpaired) electrons. The summed E-state index contributed by atoms with van der Waals surface area (Å²) >= 11 is 12.3. The Bertz CT molecular complexity index is 548. The molecule has 19 heavy (non-hydrogen) atoms. The van der Waals surface area contributed by atoms with Gasteiger partial charge >= 0.3 is 0 Å². The number of benzene rings is 1. The van der Waals surface area contributed by atoms with Gasteiger partial charge in [0.15, 0.2) is 10.2 Å². The maximum Gasteiger partial charge on any atom is 0.188 e. The molecule has 1 atom stereocenters. The highest BCUT2D eigenvalue weighted by Gasteiger charge is 2.10. The van der Waals surface area contributed by atoms with E-state index in [9.17, 15) is 4.39 Å². The number of nitrogens with zero attached hydrogens (tertiary/aromatic N) is 1. The molecule has 1 aromatic heterocycles. The Labute approximate surface area is 124 Å². The molecule has 1 heterocycles. The first-order valence-electron chi connectivity index (χ1n) is 5.49. The van der Waals surface area contributed by atoms with E-state index in [1.807, 2.05) is 5.38 Å². The van der Waals surface area contributed by atoms with Crippen LogP contribution in [0.3, 0.4) is 0 Å². The first-order valence-corrected chi connectivity index (χ1v) is 7.15. The molecule has 0 saturated carbocycles. The lowest BCUT2D eigenvalue weighted by Gasteiger charge is -2.12. The summed E-state index contributed by atoms with van der Waals surface area (Å²) in [5.74, 6) is 0. The molecule has 1 aromatic carbocycles. The van der Waals surface area contributed by atoms with E-state index in [0.717, 1.165) is 0 Å². The van der Waals surface area contributed by atoms with E-state index in [-0.39, 0.29) is 6.54 Å². The molecule has 0 aliphatic rings. The van der Waals surface area contributed by atoms with Crippen molar-refractivity contribution < 1.29 is 4.39 Å². The van der Waals surface area contributed by atoms with Gasteiger partial charge in [-0.15, -0.1) is 11.3 Å². The fourth-order valence-corrected chi connectivity index (χ4v) is 2.40. The van der Waals surface area contributed by atoms with Gasteiger partial charge in [-0.3, -0.25) is 0 Å². The van der Waals surface area contributed by atoms with Crippen molar-refractivity contribution in [3.63, 3.8) is 0 Å². The molecule has 2 rings (SSSR count). The van der Waals surface area contributed by atoms with Crippen LogP contribution in [0.25, 0.3) is 0 Å². The van der Waals surface area contributed by atoms with Crippen LogP contribution < -0.4 is 10.6 Å². The second kappa shape index (κ2) is 6.79. The van der Waals surface area contributed by atoms with Gasteiger partial charge in [0.2, 0.25) is 0 Å². The maximum absolute atomic E-state index is 13.9. The molecule has 2 aromatic rings. The monoisotopic (exact) mass is 315 g/mol. The number of thiazole rings is 1. The van der Waals surface area contributed by atoms with Gasteiger partial charge in [-0.05, 0) is 29.9 Å². The number of aromatic nitrogens is 1. The van der Waals surface area contributed by atoms with Crippen molar-refractivity contribution in [1.82, 2.24) is 10.3 Å². The van der Waals surface area contributed by atoms with Crippen LogP contribution in [0.1, 0.15) is 11.7 Å². The smallest absolute Gasteiger partial charge is 0.188 e. The van der Waals surface area contributed by atoms with Crippen LogP contribution in [0.15, 0.2) is 35.8 Å². The molecule has 3 nitrogen and oxygen atoms in total. The molecule has 0 spiro atoms. The van der Waals surface area contributed by atoms with Gasteiger partial charge in [0.25, 0.3) is 0 Å². The topological polar surface area (TPSA) is 37.0 Å². The van der Waals surface area contributed by atoms with Crippen LogP contribution in [0.5, 0.6) is 0 Å². The predicted molar refractivity (Wildman–Crippen MR) is 81.6 cm³/mol. The lowest BCUT2D eigenvalue weighted by atomic mass is 10.1. The molecule has 0 bridgehead atoms. The zero-order valence-corrected chi connectivity index (χ0v) is 12.2. The molecule has 0 amide bonds. The summed E-state index contributed by atoms with van der Waals surface area (Å²) < 4.78 is 13.9. The molecule has 2 N–H and O–H groups in total. The highest BCUT2D eigenvalue weighted by molar-refractivity contribution is 7.80. The minimum Gasteiger partial charge on any atom is -0.359 e. The quantitative estimate of drug-likeness (QED) is 0.842. The van der Waals surface area contributed by atoms with Crippen molar-refractivity contribution in [2.45, 2.75) is 6.17 Å². The van der Waals surface area contributed by atoms with Gasteiger partial charge in [-0.1, -0.05) is 23.7 Å². The van der Waals surface area contributed by atoms with Gasteiger partial charge in [0, 0.05) is 16.6 Å². The SMILES string of the molecule is FC(CNC(=S)Nc1nccs1)c1cccc(Cl)c1. The molecule has 100 valence electrons. The molecule has 0 aliphatic heterocycles. The lowest BCUT2D eigenvalue weighted by molar-refractivity contribution is 0.343. The molecule has 0 saturated heterocycles. The number of halogens is 2. The van der Waals surface area contributed by atoms with E-state index in [1.165, 1.54) is 11.3 Å². The Morgan fingerprint density at radius 3 is 3.05 bits per heavy atom. The highest BCUT2D eigenvalue weighted by Crippen LogP contribution is 2.20. The van der Waals surface area contributed by atoms with Gasteiger partial charge in [-0.25, -0.2) is 9.37 Å². The number of hydrogen-bond donors (Lipinski definition) is 2. The second-order valence-electron chi connectivity index (χ2n) is 3.69. The third-order valence-electron chi connectivity index (χ3n) is 2.30. The Morgan fingerprint density at radius 1 is 1.53 bits per heavy atom. The number of hydrogen-bond acceptors (Lipinski definition) is 3. The van der Waals surface area contributed by atoms with Crippen LogP contribution in [0, 0.1) is 0 Å². The van der Waals surface area contributed by atoms with Crippen molar-refractivity contribution >= 4 is 45.4 Å². The Balaban J connectivity index is 1.83. The summed E-state index contributed by atoms with van der Waals surface area (Å²) in [6, 6.07) is 6.72. The van der Waals surface area contributed by atoms with E-state index in [1.54, 1.807) is 30.5 Å². The van der Waals surface area contributed by atoms with Gasteiger partial charge in [0.1, 0.15) is 6.17 Å². The summed E-state index contributed by atoms with van der Waals surface area (Å²) in [6.45, 7) is 0.0809. The van der Waals surface area contributed by atoms with Crippen molar-refractivity contribution in [3.05, 3.63) is 46.4 Å². The molecule has 0 fully saturated rings. The normalized spacial score (nSPS) is 11.9. The summed E-state index contributed by atoms with van der Waals surface area (Å²) in [6.07, 6.45) is 0.495. The number of alkyl halides is 1. The third-order valence-corrected chi connectivity index (χ3v) is 3.48. The molecular weight excluding hydrogens is 305 g/mol. The molecule has 1 unspecified atom stereocenters. The average Bonchev–Trinajstić information content (AvgIpc) is 2.88. The zero-order chi connectivity index (χ0) is 13.7. The Morgan fingerprint density at radius 2 is 2.37 bits per heavy atom. The number of rotatable bonds is 4. The van der Waals surface area contributed by atoms with E-state index in [2.05, 4.69) is 15.6 Å². The van der Waals surface area contributed by atoms with Crippen molar-refractivity contribution in [3.8, 4) is 0 Å². The van der Waals surface area contributed by atoms with E-state index in [0.29, 0.717) is 20.8 Å². The number of nitrogens with one attached hydrogen (secondary N) is 2. The minimum absolute atomic E-state index is 0.0809. The number of anilines is 1. The summed E-state index contributed by atoms with van der Waals surface area (Å²) in [5.41, 5.74) is 0.525. The van der Waals surface area contributed by atoms with Crippen molar-refractivity contribution in [1.29, 1.82) is 0 Å².